The first kappa shape index (κ1) is 12.8. The van der Waals surface area contributed by atoms with E-state index < -0.39 is 11.5 Å². The standard InChI is InChI=1S/C4H11NO.C3H5NO/c1-4(2,6)3-5;1-2-3(4)5/h6H,3,5H2,1-2H3;2H,1H2,(H2,4,5). The summed E-state index contributed by atoms with van der Waals surface area (Å²) in [6.07, 6.45) is 1.06. The van der Waals surface area contributed by atoms with Gasteiger partial charge in [0.1, 0.15) is 0 Å². The smallest absolute Gasteiger partial charge is 0.240 e. The lowest BCUT2D eigenvalue weighted by atomic mass is 10.1. The average Bonchev–Trinajstić information content (AvgIpc) is 1.88. The quantitative estimate of drug-likeness (QED) is 0.470. The fourth-order valence-corrected chi connectivity index (χ4v) is 0. The van der Waals surface area contributed by atoms with Crippen LogP contribution in [0.15, 0.2) is 12.7 Å². The number of primary amides is 1. The molecule has 0 unspecified atom stereocenters. The molecule has 11 heavy (non-hydrogen) atoms. The minimum Gasteiger partial charge on any atom is -0.389 e. The van der Waals surface area contributed by atoms with Gasteiger partial charge in [0.05, 0.1) is 5.60 Å². The van der Waals surface area contributed by atoms with E-state index in [9.17, 15) is 4.79 Å². The van der Waals surface area contributed by atoms with Crippen LogP contribution < -0.4 is 11.5 Å². The van der Waals surface area contributed by atoms with Crippen molar-refractivity contribution in [1.82, 2.24) is 0 Å². The lowest BCUT2D eigenvalue weighted by molar-refractivity contribution is -0.113. The Morgan fingerprint density at radius 1 is 1.73 bits per heavy atom. The zero-order valence-corrected chi connectivity index (χ0v) is 7.00. The second-order valence-electron chi connectivity index (χ2n) is 2.62. The van der Waals surface area contributed by atoms with Crippen LogP contribution in [0.3, 0.4) is 0 Å². The molecule has 0 atom stereocenters. The van der Waals surface area contributed by atoms with E-state index in [0.29, 0.717) is 6.54 Å². The Bertz CT molecular complexity index is 127. The maximum atomic E-state index is 9.47. The first-order valence-electron chi connectivity index (χ1n) is 3.18. The van der Waals surface area contributed by atoms with Crippen LogP contribution in [-0.2, 0) is 4.79 Å². The number of hydrogen-bond donors (Lipinski definition) is 3. The van der Waals surface area contributed by atoms with Crippen molar-refractivity contribution in [3.8, 4) is 0 Å². The summed E-state index contributed by atoms with van der Waals surface area (Å²) in [6.45, 7) is 6.76. The van der Waals surface area contributed by atoms with Crippen molar-refractivity contribution in [1.29, 1.82) is 0 Å². The molecule has 0 aliphatic carbocycles. The number of amides is 1. The van der Waals surface area contributed by atoms with Gasteiger partial charge in [-0.25, -0.2) is 0 Å². The van der Waals surface area contributed by atoms with Crippen LogP contribution in [0, 0.1) is 0 Å². The molecule has 0 heterocycles. The van der Waals surface area contributed by atoms with E-state index in [4.69, 9.17) is 10.8 Å². The van der Waals surface area contributed by atoms with E-state index in [2.05, 4.69) is 12.3 Å². The van der Waals surface area contributed by atoms with Crippen molar-refractivity contribution in [2.75, 3.05) is 6.54 Å². The number of hydrogen-bond acceptors (Lipinski definition) is 3. The summed E-state index contributed by atoms with van der Waals surface area (Å²) >= 11 is 0. The zero-order chi connectivity index (χ0) is 9.49. The molecule has 0 aliphatic heterocycles. The van der Waals surface area contributed by atoms with Crippen molar-refractivity contribution in [2.45, 2.75) is 19.4 Å². The summed E-state index contributed by atoms with van der Waals surface area (Å²) in [5.41, 5.74) is 8.91. The van der Waals surface area contributed by atoms with Gasteiger partial charge in [0.2, 0.25) is 5.91 Å². The molecule has 0 saturated heterocycles. The molecule has 0 bridgehead atoms. The molecule has 1 amide bonds. The summed E-state index contributed by atoms with van der Waals surface area (Å²) in [5.74, 6) is -0.481. The van der Waals surface area contributed by atoms with E-state index in [1.54, 1.807) is 13.8 Å². The fraction of sp³-hybridized carbons (Fsp3) is 0.571. The summed E-state index contributed by atoms with van der Waals surface area (Å²) in [5, 5.41) is 8.70. The summed E-state index contributed by atoms with van der Waals surface area (Å²) in [7, 11) is 0. The second-order valence-corrected chi connectivity index (χ2v) is 2.62. The molecule has 5 N–H and O–H groups in total. The van der Waals surface area contributed by atoms with Gasteiger partial charge >= 0.3 is 0 Å². The van der Waals surface area contributed by atoms with E-state index in [-0.39, 0.29) is 0 Å². The van der Waals surface area contributed by atoms with Gasteiger partial charge in [0, 0.05) is 6.54 Å². The highest BCUT2D eigenvalue weighted by Gasteiger charge is 2.06. The monoisotopic (exact) mass is 160 g/mol. The SMILES string of the molecule is C=CC(N)=O.CC(C)(O)CN. The number of aliphatic hydroxyl groups is 1. The molecule has 0 radical (unpaired) electrons. The lowest BCUT2D eigenvalue weighted by Gasteiger charge is -2.11. The number of carbonyl (C=O) groups excluding carboxylic acids is 1. The number of rotatable bonds is 2. The Labute approximate surface area is 66.9 Å². The Morgan fingerprint density at radius 3 is 1.91 bits per heavy atom. The van der Waals surface area contributed by atoms with Gasteiger partial charge in [-0.1, -0.05) is 6.58 Å². The summed E-state index contributed by atoms with van der Waals surface area (Å²) in [6, 6.07) is 0. The van der Waals surface area contributed by atoms with E-state index in [1.165, 1.54) is 0 Å². The molecule has 0 rings (SSSR count). The molecule has 4 nitrogen and oxygen atoms in total. The van der Waals surface area contributed by atoms with Crippen LogP contribution in [0.4, 0.5) is 0 Å². The average molecular weight is 160 g/mol. The predicted octanol–water partition coefficient (Wildman–Crippen LogP) is -0.626. The number of carbonyl (C=O) groups is 1. The molecule has 0 aromatic carbocycles. The Balaban J connectivity index is 0. The van der Waals surface area contributed by atoms with Crippen LogP contribution in [0.5, 0.6) is 0 Å². The first-order valence-corrected chi connectivity index (χ1v) is 3.18. The van der Waals surface area contributed by atoms with Crippen molar-refractivity contribution in [3.63, 3.8) is 0 Å². The molecule has 4 heteroatoms. The summed E-state index contributed by atoms with van der Waals surface area (Å²) in [4.78, 5) is 9.47. The topological polar surface area (TPSA) is 89.3 Å². The second kappa shape index (κ2) is 5.88. The first-order chi connectivity index (χ1) is 4.83. The predicted molar refractivity (Wildman–Crippen MR) is 44.7 cm³/mol. The third kappa shape index (κ3) is 27.2. The van der Waals surface area contributed by atoms with Crippen LogP contribution in [0.1, 0.15) is 13.8 Å². The molecule has 0 aromatic heterocycles. The van der Waals surface area contributed by atoms with Crippen LogP contribution in [-0.4, -0.2) is 23.2 Å². The fourth-order valence-electron chi connectivity index (χ4n) is 0. The highest BCUT2D eigenvalue weighted by Crippen LogP contribution is 1.93. The van der Waals surface area contributed by atoms with Crippen molar-refractivity contribution < 1.29 is 9.90 Å². The van der Waals surface area contributed by atoms with Gasteiger partial charge < -0.3 is 16.6 Å². The number of nitrogens with two attached hydrogens (primary N) is 2. The van der Waals surface area contributed by atoms with E-state index in [0.717, 1.165) is 6.08 Å². The normalized spacial score (nSPS) is 9.45. The van der Waals surface area contributed by atoms with Crippen molar-refractivity contribution in [3.05, 3.63) is 12.7 Å². The van der Waals surface area contributed by atoms with Crippen LogP contribution >= 0.6 is 0 Å². The van der Waals surface area contributed by atoms with Crippen molar-refractivity contribution >= 4 is 5.91 Å². The highest BCUT2D eigenvalue weighted by atomic mass is 16.3. The minimum absolute atomic E-state index is 0.326. The van der Waals surface area contributed by atoms with Crippen LogP contribution in [0.2, 0.25) is 0 Å². The van der Waals surface area contributed by atoms with Gasteiger partial charge in [-0.3, -0.25) is 4.79 Å². The van der Waals surface area contributed by atoms with Crippen LogP contribution in [0.25, 0.3) is 0 Å². The Kier molecular flexibility index (Phi) is 6.83. The zero-order valence-electron chi connectivity index (χ0n) is 7.00. The van der Waals surface area contributed by atoms with E-state index in [1.807, 2.05) is 0 Å². The van der Waals surface area contributed by atoms with Crippen molar-refractivity contribution in [2.24, 2.45) is 11.5 Å². The minimum atomic E-state index is -0.681. The Hall–Kier alpha value is -0.870. The lowest BCUT2D eigenvalue weighted by Crippen LogP contribution is -2.29. The van der Waals surface area contributed by atoms with Gasteiger partial charge in [-0.2, -0.15) is 0 Å². The maximum absolute atomic E-state index is 9.47. The van der Waals surface area contributed by atoms with Gasteiger partial charge in [-0.15, -0.1) is 0 Å². The third-order valence-electron chi connectivity index (χ3n) is 0.701. The third-order valence-corrected chi connectivity index (χ3v) is 0.701. The largest absolute Gasteiger partial charge is 0.389 e. The van der Waals surface area contributed by atoms with Gasteiger partial charge in [0.15, 0.2) is 0 Å². The molecule has 66 valence electrons. The maximum Gasteiger partial charge on any atom is 0.240 e. The Morgan fingerprint density at radius 2 is 1.91 bits per heavy atom. The molecule has 0 aliphatic rings. The van der Waals surface area contributed by atoms with Gasteiger partial charge in [0.25, 0.3) is 0 Å². The van der Waals surface area contributed by atoms with E-state index >= 15 is 0 Å². The van der Waals surface area contributed by atoms with Gasteiger partial charge in [-0.05, 0) is 19.9 Å². The molecular weight excluding hydrogens is 144 g/mol. The highest BCUT2D eigenvalue weighted by molar-refractivity contribution is 5.84. The molecule has 0 saturated carbocycles. The molecular formula is C7H16N2O2. The molecule has 0 aromatic rings. The summed E-state index contributed by atoms with van der Waals surface area (Å²) < 4.78 is 0. The molecule has 0 spiro atoms. The molecule has 0 fully saturated rings.